The first-order valence-electron chi connectivity index (χ1n) is 10.1. The molecular formula is C26H25NO3. The maximum absolute atomic E-state index is 11.3. The quantitative estimate of drug-likeness (QED) is 0.452. The van der Waals surface area contributed by atoms with Crippen molar-refractivity contribution in [3.63, 3.8) is 0 Å². The summed E-state index contributed by atoms with van der Waals surface area (Å²) in [6.45, 7) is 5.88. The van der Waals surface area contributed by atoms with Gasteiger partial charge in [-0.25, -0.2) is 4.79 Å². The molecule has 0 saturated heterocycles. The molecule has 0 fully saturated rings. The average Bonchev–Trinajstić information content (AvgIpc) is 3.18. The zero-order valence-electron chi connectivity index (χ0n) is 17.2. The van der Waals surface area contributed by atoms with Crippen LogP contribution in [0.5, 0.6) is 5.75 Å². The molecule has 0 radical (unpaired) electrons. The standard InChI is InChI=1S/C19H19NO2.C7H6O/c1-13(2)15-6-3-5-14(11-15)12-20-10-9-16-17(19(21)22)7-4-8-18(16)20;1-3-7-4-2-6(1)5-8-7/h3-11,13H,12H2,1-2H3,(H,21,22);1-4H,5H2. The van der Waals surface area contributed by atoms with Crippen molar-refractivity contribution in [2.24, 2.45) is 0 Å². The van der Waals surface area contributed by atoms with Gasteiger partial charge in [0.15, 0.2) is 0 Å². The zero-order valence-corrected chi connectivity index (χ0v) is 17.2. The predicted molar refractivity (Wildman–Crippen MR) is 119 cm³/mol. The molecule has 4 aromatic rings. The van der Waals surface area contributed by atoms with Gasteiger partial charge in [0, 0.05) is 23.6 Å². The monoisotopic (exact) mass is 399 g/mol. The molecule has 152 valence electrons. The molecule has 30 heavy (non-hydrogen) atoms. The van der Waals surface area contributed by atoms with Crippen LogP contribution in [-0.2, 0) is 13.2 Å². The molecule has 3 aromatic carbocycles. The number of aromatic nitrogens is 1. The number of rotatable bonds is 4. The van der Waals surface area contributed by atoms with E-state index in [1.165, 1.54) is 16.7 Å². The second-order valence-electron chi connectivity index (χ2n) is 7.82. The highest BCUT2D eigenvalue weighted by atomic mass is 16.5. The number of aromatic carboxylic acids is 1. The summed E-state index contributed by atoms with van der Waals surface area (Å²) in [5.74, 6) is 0.602. The molecule has 0 saturated carbocycles. The van der Waals surface area contributed by atoms with Gasteiger partial charge >= 0.3 is 5.97 Å². The van der Waals surface area contributed by atoms with E-state index in [-0.39, 0.29) is 0 Å². The zero-order chi connectivity index (χ0) is 21.1. The Hall–Kier alpha value is -3.53. The molecule has 3 heterocycles. The van der Waals surface area contributed by atoms with Crippen LogP contribution in [0.2, 0.25) is 0 Å². The van der Waals surface area contributed by atoms with Crippen LogP contribution in [0.15, 0.2) is 79.0 Å². The van der Waals surface area contributed by atoms with E-state index in [4.69, 9.17) is 4.74 Å². The molecule has 4 nitrogen and oxygen atoms in total. The van der Waals surface area contributed by atoms with E-state index in [1.54, 1.807) is 12.1 Å². The SMILES string of the molecule is CC(C)c1cccc(Cn2ccc3c(C(=O)O)cccc32)c1.c1cc2ccc1CO2. The Morgan fingerprint density at radius 1 is 1.03 bits per heavy atom. The normalized spacial score (nSPS) is 11.8. The Kier molecular flexibility index (Phi) is 5.57. The third-order valence-corrected chi connectivity index (χ3v) is 5.34. The van der Waals surface area contributed by atoms with Crippen LogP contribution in [0, 0.1) is 0 Å². The average molecular weight is 399 g/mol. The van der Waals surface area contributed by atoms with Gasteiger partial charge in [0.25, 0.3) is 0 Å². The van der Waals surface area contributed by atoms with Gasteiger partial charge in [-0.1, -0.05) is 56.3 Å². The van der Waals surface area contributed by atoms with Crippen molar-refractivity contribution in [3.05, 3.63) is 101 Å². The predicted octanol–water partition coefficient (Wildman–Crippen LogP) is 6.09. The van der Waals surface area contributed by atoms with E-state index >= 15 is 0 Å². The molecule has 4 heteroatoms. The molecule has 0 amide bonds. The topological polar surface area (TPSA) is 51.5 Å². The molecule has 2 aliphatic rings. The number of nitrogens with zero attached hydrogens (tertiary/aromatic N) is 1. The highest BCUT2D eigenvalue weighted by molar-refractivity contribution is 6.03. The van der Waals surface area contributed by atoms with E-state index in [9.17, 15) is 9.90 Å². The fraction of sp³-hybridized carbons (Fsp3) is 0.192. The summed E-state index contributed by atoms with van der Waals surface area (Å²) in [6, 6.07) is 24.0. The van der Waals surface area contributed by atoms with Crippen molar-refractivity contribution in [2.75, 3.05) is 0 Å². The molecule has 1 N–H and O–H groups in total. The van der Waals surface area contributed by atoms with Crippen LogP contribution in [0.25, 0.3) is 10.9 Å². The Bertz CT molecular complexity index is 1150. The first kappa shape index (κ1) is 19.8. The number of carboxylic acids is 1. The van der Waals surface area contributed by atoms with E-state index in [2.05, 4.69) is 54.8 Å². The van der Waals surface area contributed by atoms with Crippen LogP contribution in [0.4, 0.5) is 0 Å². The van der Waals surface area contributed by atoms with Crippen molar-refractivity contribution in [2.45, 2.75) is 32.9 Å². The van der Waals surface area contributed by atoms with Crippen LogP contribution >= 0.6 is 0 Å². The minimum atomic E-state index is -0.884. The number of ether oxygens (including phenoxy) is 1. The summed E-state index contributed by atoms with van der Waals surface area (Å²) >= 11 is 0. The molecule has 0 aliphatic carbocycles. The molecule has 2 aliphatic heterocycles. The Morgan fingerprint density at radius 2 is 1.80 bits per heavy atom. The first-order valence-corrected chi connectivity index (χ1v) is 10.1. The van der Waals surface area contributed by atoms with E-state index in [1.807, 2.05) is 30.5 Å². The lowest BCUT2D eigenvalue weighted by molar-refractivity contribution is 0.0699. The first-order chi connectivity index (χ1) is 14.5. The Labute approximate surface area is 176 Å². The van der Waals surface area contributed by atoms with Gasteiger partial charge in [-0.15, -0.1) is 0 Å². The van der Waals surface area contributed by atoms with Gasteiger partial charge in [-0.3, -0.25) is 0 Å². The third kappa shape index (κ3) is 4.23. The number of carbonyl (C=O) groups is 1. The van der Waals surface area contributed by atoms with Crippen LogP contribution in [0.1, 0.15) is 46.8 Å². The van der Waals surface area contributed by atoms with Gasteiger partial charge in [0.2, 0.25) is 0 Å². The summed E-state index contributed by atoms with van der Waals surface area (Å²) in [5.41, 5.74) is 5.12. The lowest BCUT2D eigenvalue weighted by atomic mass is 10.0. The molecule has 1 aromatic heterocycles. The fourth-order valence-corrected chi connectivity index (χ4v) is 3.64. The number of fused-ring (bicyclic) bond motifs is 4. The molecule has 6 rings (SSSR count). The van der Waals surface area contributed by atoms with E-state index in [0.717, 1.165) is 29.8 Å². The minimum absolute atomic E-state index is 0.354. The number of carboxylic acid groups (broad SMARTS) is 1. The van der Waals surface area contributed by atoms with Crippen molar-refractivity contribution >= 4 is 16.9 Å². The molecule has 2 bridgehead atoms. The molecule has 0 spiro atoms. The van der Waals surface area contributed by atoms with Gasteiger partial charge in [-0.2, -0.15) is 0 Å². The lowest BCUT2D eigenvalue weighted by Crippen LogP contribution is -2.00. The summed E-state index contributed by atoms with van der Waals surface area (Å²) < 4.78 is 7.28. The molecule has 0 unspecified atom stereocenters. The Morgan fingerprint density at radius 3 is 2.37 bits per heavy atom. The summed E-state index contributed by atoms with van der Waals surface area (Å²) in [5, 5.41) is 10.1. The van der Waals surface area contributed by atoms with E-state index in [0.29, 0.717) is 11.5 Å². The molecular weight excluding hydrogens is 374 g/mol. The summed E-state index contributed by atoms with van der Waals surface area (Å²) in [4.78, 5) is 11.3. The maximum Gasteiger partial charge on any atom is 0.336 e. The maximum atomic E-state index is 11.3. The number of hydrogen-bond donors (Lipinski definition) is 1. The molecule has 0 atom stereocenters. The lowest BCUT2D eigenvalue weighted by Gasteiger charge is -2.11. The number of benzene rings is 3. The highest BCUT2D eigenvalue weighted by Crippen LogP contribution is 2.23. The second kappa shape index (κ2) is 8.46. The number of hydrogen-bond acceptors (Lipinski definition) is 2. The van der Waals surface area contributed by atoms with Gasteiger partial charge in [0.05, 0.1) is 5.56 Å². The third-order valence-electron chi connectivity index (χ3n) is 5.34. The second-order valence-corrected chi connectivity index (χ2v) is 7.82. The highest BCUT2D eigenvalue weighted by Gasteiger charge is 2.11. The van der Waals surface area contributed by atoms with Gasteiger partial charge in [-0.05, 0) is 52.9 Å². The fourth-order valence-electron chi connectivity index (χ4n) is 3.64. The van der Waals surface area contributed by atoms with E-state index < -0.39 is 5.97 Å². The van der Waals surface area contributed by atoms with Crippen molar-refractivity contribution in [1.82, 2.24) is 4.57 Å². The smallest absolute Gasteiger partial charge is 0.336 e. The van der Waals surface area contributed by atoms with Crippen LogP contribution in [0.3, 0.4) is 0 Å². The van der Waals surface area contributed by atoms with Crippen molar-refractivity contribution in [3.8, 4) is 5.75 Å². The van der Waals surface area contributed by atoms with Crippen molar-refractivity contribution < 1.29 is 14.6 Å². The van der Waals surface area contributed by atoms with Gasteiger partial charge < -0.3 is 14.4 Å². The van der Waals surface area contributed by atoms with Crippen LogP contribution in [-0.4, -0.2) is 15.6 Å². The minimum Gasteiger partial charge on any atom is -0.489 e. The Balaban J connectivity index is 0.000000225. The summed E-state index contributed by atoms with van der Waals surface area (Å²) in [7, 11) is 0. The summed E-state index contributed by atoms with van der Waals surface area (Å²) in [6.07, 6.45) is 1.96. The van der Waals surface area contributed by atoms with Crippen LogP contribution < -0.4 is 4.74 Å². The van der Waals surface area contributed by atoms with Gasteiger partial charge in [0.1, 0.15) is 12.4 Å². The largest absolute Gasteiger partial charge is 0.489 e. The van der Waals surface area contributed by atoms with Crippen molar-refractivity contribution in [1.29, 1.82) is 0 Å².